The van der Waals surface area contributed by atoms with Gasteiger partial charge in [-0.05, 0) is 16.5 Å². The smallest absolute Gasteiger partial charge is 0.0132 e. The van der Waals surface area contributed by atoms with Crippen LogP contribution in [0.1, 0.15) is 31.9 Å². The molecule has 1 rings (SSSR count). The Balaban J connectivity index is 0.000000487. The van der Waals surface area contributed by atoms with Crippen molar-refractivity contribution in [2.45, 2.75) is 26.2 Å². The van der Waals surface area contributed by atoms with Crippen LogP contribution in [-0.2, 0) is 5.41 Å². The Kier molecular flexibility index (Phi) is 6.17. The van der Waals surface area contributed by atoms with Gasteiger partial charge in [0.25, 0.3) is 0 Å². The van der Waals surface area contributed by atoms with Crippen molar-refractivity contribution < 1.29 is 0 Å². The molecule has 0 aliphatic heterocycles. The van der Waals surface area contributed by atoms with Gasteiger partial charge in [-0.1, -0.05) is 83.0 Å². The third-order valence-electron chi connectivity index (χ3n) is 2.18. The highest BCUT2D eigenvalue weighted by Gasteiger charge is 2.12. The zero-order chi connectivity index (χ0) is 12.6. The Labute approximate surface area is 100 Å². The lowest BCUT2D eigenvalue weighted by Gasteiger charge is -2.18. The van der Waals surface area contributed by atoms with Crippen molar-refractivity contribution in [2.24, 2.45) is 0 Å². The third kappa shape index (κ3) is 5.35. The fourth-order valence-electron chi connectivity index (χ4n) is 1.12. The summed E-state index contributed by atoms with van der Waals surface area (Å²) in [6, 6.07) is 8.54. The maximum absolute atomic E-state index is 3.72. The normalized spacial score (nSPS) is 9.69. The third-order valence-corrected chi connectivity index (χ3v) is 2.18. The predicted octanol–water partition coefficient (Wildman–Crippen LogP) is 4.99. The number of benzene rings is 1. The van der Waals surface area contributed by atoms with Crippen LogP contribution in [0.2, 0.25) is 0 Å². The molecule has 0 saturated carbocycles. The van der Waals surface area contributed by atoms with Gasteiger partial charge >= 0.3 is 0 Å². The van der Waals surface area contributed by atoms with E-state index >= 15 is 0 Å². The minimum Gasteiger partial charge on any atom is -0.0991 e. The molecule has 0 nitrogen and oxygen atoms in total. The summed E-state index contributed by atoms with van der Waals surface area (Å²) in [6.45, 7) is 17.1. The van der Waals surface area contributed by atoms with E-state index in [1.807, 2.05) is 6.08 Å². The lowest BCUT2D eigenvalue weighted by molar-refractivity contribution is 0.590. The molecule has 0 amide bonds. The van der Waals surface area contributed by atoms with Crippen molar-refractivity contribution in [2.75, 3.05) is 0 Å². The second-order valence-corrected chi connectivity index (χ2v) is 4.55. The topological polar surface area (TPSA) is 0 Å². The summed E-state index contributed by atoms with van der Waals surface area (Å²) in [4.78, 5) is 0. The highest BCUT2D eigenvalue weighted by molar-refractivity contribution is 5.47. The minimum atomic E-state index is 0.250. The molecule has 0 aliphatic carbocycles. The first kappa shape index (κ1) is 14.4. The fraction of sp³-hybridized carbons (Fsp3) is 0.250. The summed E-state index contributed by atoms with van der Waals surface area (Å²) < 4.78 is 0. The maximum Gasteiger partial charge on any atom is -0.0132 e. The van der Waals surface area contributed by atoms with E-state index in [2.05, 4.69) is 64.8 Å². The second kappa shape index (κ2) is 6.84. The average Bonchev–Trinajstić information content (AvgIpc) is 2.28. The first-order chi connectivity index (χ1) is 7.45. The zero-order valence-corrected chi connectivity index (χ0v) is 10.7. The fourth-order valence-corrected chi connectivity index (χ4v) is 1.12. The van der Waals surface area contributed by atoms with Crippen LogP contribution in [0.15, 0.2) is 56.2 Å². The molecule has 0 aromatic heterocycles. The lowest BCUT2D eigenvalue weighted by Crippen LogP contribution is -2.10. The Morgan fingerprint density at radius 1 is 0.875 bits per heavy atom. The lowest BCUT2D eigenvalue weighted by atomic mass is 9.87. The van der Waals surface area contributed by atoms with E-state index in [1.54, 1.807) is 12.2 Å². The Morgan fingerprint density at radius 3 is 1.56 bits per heavy atom. The number of hydrogen-bond donors (Lipinski definition) is 0. The van der Waals surface area contributed by atoms with Gasteiger partial charge in [0.15, 0.2) is 0 Å². The molecule has 0 aliphatic rings. The molecule has 16 heavy (non-hydrogen) atoms. The van der Waals surface area contributed by atoms with Gasteiger partial charge in [-0.15, -0.1) is 0 Å². The monoisotopic (exact) mass is 214 g/mol. The molecule has 0 N–H and O–H groups in total. The predicted molar refractivity (Wildman–Crippen MR) is 75.6 cm³/mol. The molecule has 0 heteroatoms. The van der Waals surface area contributed by atoms with E-state index in [9.17, 15) is 0 Å². The first-order valence-electron chi connectivity index (χ1n) is 5.42. The van der Waals surface area contributed by atoms with Crippen LogP contribution in [0.4, 0.5) is 0 Å². The van der Waals surface area contributed by atoms with Crippen LogP contribution >= 0.6 is 0 Å². The summed E-state index contributed by atoms with van der Waals surface area (Å²) in [7, 11) is 0. The molecule has 1 aromatic carbocycles. The van der Waals surface area contributed by atoms with Crippen molar-refractivity contribution in [1.82, 2.24) is 0 Å². The van der Waals surface area contributed by atoms with Crippen molar-refractivity contribution in [1.29, 1.82) is 0 Å². The number of hydrogen-bond acceptors (Lipinski definition) is 0. The molecule has 0 spiro atoms. The average molecular weight is 214 g/mol. The molecule has 0 fully saturated rings. The summed E-state index contributed by atoms with van der Waals surface area (Å²) >= 11 is 0. The van der Waals surface area contributed by atoms with E-state index in [-0.39, 0.29) is 5.41 Å². The van der Waals surface area contributed by atoms with Crippen LogP contribution in [-0.4, -0.2) is 0 Å². The maximum atomic E-state index is 3.72. The molecule has 86 valence electrons. The van der Waals surface area contributed by atoms with Gasteiger partial charge in [-0.25, -0.2) is 0 Å². The quantitative estimate of drug-likeness (QED) is 0.609. The van der Waals surface area contributed by atoms with Crippen LogP contribution < -0.4 is 0 Å². The van der Waals surface area contributed by atoms with Gasteiger partial charge in [0.2, 0.25) is 0 Å². The second-order valence-electron chi connectivity index (χ2n) is 4.55. The SMILES string of the molecule is C=CC=C.C=Cc1ccc(C(C)(C)C)cc1. The van der Waals surface area contributed by atoms with E-state index in [1.165, 1.54) is 11.1 Å². The minimum absolute atomic E-state index is 0.250. The van der Waals surface area contributed by atoms with Crippen molar-refractivity contribution in [3.05, 3.63) is 67.3 Å². The molecule has 0 atom stereocenters. The van der Waals surface area contributed by atoms with Crippen LogP contribution in [0.3, 0.4) is 0 Å². The Bertz CT molecular complexity index is 327. The summed E-state index contributed by atoms with van der Waals surface area (Å²) in [5, 5.41) is 0. The Morgan fingerprint density at radius 2 is 1.31 bits per heavy atom. The number of rotatable bonds is 2. The molecule has 0 saturated heterocycles. The van der Waals surface area contributed by atoms with Gasteiger partial charge in [-0.2, -0.15) is 0 Å². The van der Waals surface area contributed by atoms with Gasteiger partial charge in [0, 0.05) is 0 Å². The van der Waals surface area contributed by atoms with Gasteiger partial charge in [0.1, 0.15) is 0 Å². The van der Waals surface area contributed by atoms with Crippen LogP contribution in [0.25, 0.3) is 6.08 Å². The van der Waals surface area contributed by atoms with E-state index < -0.39 is 0 Å². The summed E-state index contributed by atoms with van der Waals surface area (Å²) in [5.74, 6) is 0. The van der Waals surface area contributed by atoms with Gasteiger partial charge in [0.05, 0.1) is 0 Å². The molecular weight excluding hydrogens is 192 g/mol. The summed E-state index contributed by atoms with van der Waals surface area (Å²) in [6.07, 6.45) is 5.15. The van der Waals surface area contributed by atoms with Crippen LogP contribution in [0.5, 0.6) is 0 Å². The van der Waals surface area contributed by atoms with Crippen molar-refractivity contribution >= 4 is 6.08 Å². The molecule has 0 bridgehead atoms. The van der Waals surface area contributed by atoms with Gasteiger partial charge in [-0.3, -0.25) is 0 Å². The summed E-state index contributed by atoms with van der Waals surface area (Å²) in [5.41, 5.74) is 2.80. The zero-order valence-electron chi connectivity index (χ0n) is 10.7. The van der Waals surface area contributed by atoms with E-state index in [0.717, 1.165) is 0 Å². The highest BCUT2D eigenvalue weighted by atomic mass is 14.2. The molecule has 0 unspecified atom stereocenters. The molecule has 0 radical (unpaired) electrons. The molecular formula is C16H22. The number of allylic oxidation sites excluding steroid dienone is 2. The van der Waals surface area contributed by atoms with E-state index in [4.69, 9.17) is 0 Å². The van der Waals surface area contributed by atoms with Crippen LogP contribution in [0, 0.1) is 0 Å². The Hall–Kier alpha value is -1.56. The molecule has 0 heterocycles. The van der Waals surface area contributed by atoms with E-state index in [0.29, 0.717) is 0 Å². The first-order valence-corrected chi connectivity index (χ1v) is 5.42. The van der Waals surface area contributed by atoms with Crippen molar-refractivity contribution in [3.63, 3.8) is 0 Å². The molecule has 1 aromatic rings. The standard InChI is InChI=1S/C12H16.C4H6/c1-5-10-6-8-11(9-7-10)12(2,3)4;1-3-4-2/h5-9H,1H2,2-4H3;3-4H,1-2H2. The van der Waals surface area contributed by atoms with Gasteiger partial charge < -0.3 is 0 Å². The highest BCUT2D eigenvalue weighted by Crippen LogP contribution is 2.22. The van der Waals surface area contributed by atoms with Crippen molar-refractivity contribution in [3.8, 4) is 0 Å². The largest absolute Gasteiger partial charge is 0.0991 e.